The van der Waals surface area contributed by atoms with Gasteiger partial charge in [-0.15, -0.1) is 0 Å². The molecule has 6 nitrogen and oxygen atoms in total. The lowest BCUT2D eigenvalue weighted by atomic mass is 10.2. The van der Waals surface area contributed by atoms with Crippen LogP contribution in [0.5, 0.6) is 5.75 Å². The summed E-state index contributed by atoms with van der Waals surface area (Å²) in [6.07, 6.45) is 3.13. The molecule has 3 aromatic rings. The van der Waals surface area contributed by atoms with E-state index in [0.29, 0.717) is 5.65 Å². The van der Waals surface area contributed by atoms with E-state index < -0.39 is 0 Å². The Kier molecular flexibility index (Phi) is 2.75. The van der Waals surface area contributed by atoms with Gasteiger partial charge in [0.05, 0.1) is 13.4 Å². The molecule has 0 amide bonds. The fraction of sp³-hybridized carbons (Fsp3) is 0.154. The molecule has 2 aromatic heterocycles. The van der Waals surface area contributed by atoms with Crippen LogP contribution < -0.4 is 9.64 Å². The van der Waals surface area contributed by atoms with E-state index in [-0.39, 0.29) is 0 Å². The average molecular weight is 255 g/mol. The highest BCUT2D eigenvalue weighted by atomic mass is 16.5. The molecule has 0 aliphatic heterocycles. The van der Waals surface area contributed by atoms with E-state index in [1.807, 2.05) is 36.2 Å². The van der Waals surface area contributed by atoms with Gasteiger partial charge in [0.25, 0.3) is 0 Å². The van der Waals surface area contributed by atoms with Crippen LogP contribution in [0.3, 0.4) is 0 Å². The zero-order chi connectivity index (χ0) is 13.2. The quantitative estimate of drug-likeness (QED) is 0.776. The molecule has 0 aliphatic carbocycles. The molecule has 6 heteroatoms. The fourth-order valence-electron chi connectivity index (χ4n) is 1.93. The second-order valence-corrected chi connectivity index (χ2v) is 4.06. The number of nitrogens with one attached hydrogen (secondary N) is 1. The van der Waals surface area contributed by atoms with Crippen LogP contribution >= 0.6 is 0 Å². The summed E-state index contributed by atoms with van der Waals surface area (Å²) >= 11 is 0. The van der Waals surface area contributed by atoms with Crippen LogP contribution in [0.1, 0.15) is 0 Å². The van der Waals surface area contributed by atoms with Crippen LogP contribution in [0.4, 0.5) is 11.5 Å². The van der Waals surface area contributed by atoms with Crippen molar-refractivity contribution in [1.82, 2.24) is 19.9 Å². The van der Waals surface area contributed by atoms with Crippen molar-refractivity contribution >= 4 is 22.7 Å². The molecule has 3 rings (SSSR count). The summed E-state index contributed by atoms with van der Waals surface area (Å²) in [6.45, 7) is 0. The highest BCUT2D eigenvalue weighted by Gasteiger charge is 2.11. The fourth-order valence-corrected chi connectivity index (χ4v) is 1.93. The number of H-pyrrole nitrogens is 1. The number of rotatable bonds is 3. The molecule has 0 bridgehead atoms. The highest BCUT2D eigenvalue weighted by molar-refractivity contribution is 5.85. The van der Waals surface area contributed by atoms with Gasteiger partial charge in [0.15, 0.2) is 11.5 Å². The third-order valence-corrected chi connectivity index (χ3v) is 2.98. The maximum absolute atomic E-state index is 5.15. The third kappa shape index (κ3) is 1.97. The minimum Gasteiger partial charge on any atom is -0.497 e. The molecule has 96 valence electrons. The van der Waals surface area contributed by atoms with Crippen LogP contribution in [0.15, 0.2) is 36.9 Å². The van der Waals surface area contributed by atoms with E-state index in [9.17, 15) is 0 Å². The van der Waals surface area contributed by atoms with Gasteiger partial charge in [0.1, 0.15) is 17.6 Å². The molecular formula is C13H13N5O. The summed E-state index contributed by atoms with van der Waals surface area (Å²) < 4.78 is 5.15. The van der Waals surface area contributed by atoms with E-state index in [1.165, 1.54) is 6.33 Å². The first-order valence-corrected chi connectivity index (χ1v) is 5.81. The lowest BCUT2D eigenvalue weighted by Gasteiger charge is -2.18. The number of aromatic nitrogens is 4. The molecule has 0 fully saturated rings. The van der Waals surface area contributed by atoms with Crippen molar-refractivity contribution in [3.05, 3.63) is 36.9 Å². The van der Waals surface area contributed by atoms with Gasteiger partial charge in [-0.05, 0) is 24.3 Å². The van der Waals surface area contributed by atoms with Gasteiger partial charge in [0.2, 0.25) is 0 Å². The number of anilines is 2. The number of imidazole rings is 1. The predicted octanol–water partition coefficient (Wildman–Crippen LogP) is 2.13. The lowest BCUT2D eigenvalue weighted by Crippen LogP contribution is -2.11. The minimum absolute atomic E-state index is 0.658. The number of hydrogen-bond acceptors (Lipinski definition) is 5. The molecule has 1 N–H and O–H groups in total. The van der Waals surface area contributed by atoms with Crippen molar-refractivity contribution < 1.29 is 4.74 Å². The largest absolute Gasteiger partial charge is 0.497 e. The molecule has 0 aliphatic rings. The van der Waals surface area contributed by atoms with E-state index in [2.05, 4.69) is 19.9 Å². The molecule has 1 aromatic carbocycles. The van der Waals surface area contributed by atoms with E-state index in [0.717, 1.165) is 22.8 Å². The molecule has 2 heterocycles. The SMILES string of the molecule is COc1ccc(N(C)c2ncnc3nc[nH]c23)cc1. The van der Waals surface area contributed by atoms with Gasteiger partial charge in [-0.3, -0.25) is 0 Å². The van der Waals surface area contributed by atoms with Gasteiger partial charge >= 0.3 is 0 Å². The lowest BCUT2D eigenvalue weighted by molar-refractivity contribution is 0.415. The topological polar surface area (TPSA) is 66.9 Å². The number of ether oxygens (including phenoxy) is 1. The number of benzene rings is 1. The molecule has 0 unspecified atom stereocenters. The highest BCUT2D eigenvalue weighted by Crippen LogP contribution is 2.27. The first-order chi connectivity index (χ1) is 9.29. The molecule has 0 spiro atoms. The van der Waals surface area contributed by atoms with Gasteiger partial charge < -0.3 is 14.6 Å². The Balaban J connectivity index is 2.02. The molecule has 19 heavy (non-hydrogen) atoms. The summed E-state index contributed by atoms with van der Waals surface area (Å²) in [5.74, 6) is 1.61. The van der Waals surface area contributed by atoms with E-state index in [4.69, 9.17) is 4.74 Å². The predicted molar refractivity (Wildman–Crippen MR) is 72.7 cm³/mol. The Morgan fingerprint density at radius 3 is 2.63 bits per heavy atom. The molecule has 0 radical (unpaired) electrons. The van der Waals surface area contributed by atoms with Crippen molar-refractivity contribution in [3.8, 4) is 5.75 Å². The van der Waals surface area contributed by atoms with Crippen LogP contribution in [-0.4, -0.2) is 34.1 Å². The first kappa shape index (κ1) is 11.5. The standard InChI is InChI=1S/C13H13N5O/c1-18(9-3-5-10(19-2)6-4-9)13-11-12(15-7-14-11)16-8-17-13/h3-8H,1-2H3,(H,14,15,16,17). The monoisotopic (exact) mass is 255 g/mol. The Labute approximate surface area is 110 Å². The first-order valence-electron chi connectivity index (χ1n) is 5.81. The van der Waals surface area contributed by atoms with Crippen LogP contribution in [-0.2, 0) is 0 Å². The number of nitrogens with zero attached hydrogens (tertiary/aromatic N) is 4. The summed E-state index contributed by atoms with van der Waals surface area (Å²) in [6, 6.07) is 7.78. The molecule has 0 saturated carbocycles. The van der Waals surface area contributed by atoms with Crippen molar-refractivity contribution in [2.45, 2.75) is 0 Å². The second kappa shape index (κ2) is 4.56. The average Bonchev–Trinajstić information content (AvgIpc) is 2.95. The van der Waals surface area contributed by atoms with Crippen molar-refractivity contribution in [1.29, 1.82) is 0 Å². The Bertz CT molecular complexity index is 692. The van der Waals surface area contributed by atoms with E-state index >= 15 is 0 Å². The van der Waals surface area contributed by atoms with Gasteiger partial charge in [-0.2, -0.15) is 0 Å². The van der Waals surface area contributed by atoms with Gasteiger partial charge in [0, 0.05) is 12.7 Å². The number of aromatic amines is 1. The van der Waals surface area contributed by atoms with Crippen molar-refractivity contribution in [2.24, 2.45) is 0 Å². The molecular weight excluding hydrogens is 242 g/mol. The summed E-state index contributed by atoms with van der Waals surface area (Å²) in [7, 11) is 3.60. The van der Waals surface area contributed by atoms with E-state index in [1.54, 1.807) is 13.4 Å². The zero-order valence-corrected chi connectivity index (χ0v) is 10.7. The van der Waals surface area contributed by atoms with Gasteiger partial charge in [-0.1, -0.05) is 0 Å². The van der Waals surface area contributed by atoms with Crippen LogP contribution in [0, 0.1) is 0 Å². The van der Waals surface area contributed by atoms with Crippen LogP contribution in [0.25, 0.3) is 11.2 Å². The van der Waals surface area contributed by atoms with Crippen LogP contribution in [0.2, 0.25) is 0 Å². The Hall–Kier alpha value is -2.63. The number of fused-ring (bicyclic) bond motifs is 1. The minimum atomic E-state index is 0.658. The second-order valence-electron chi connectivity index (χ2n) is 4.06. The van der Waals surface area contributed by atoms with Crippen molar-refractivity contribution in [2.75, 3.05) is 19.1 Å². The Morgan fingerprint density at radius 1 is 1.11 bits per heavy atom. The maximum Gasteiger partial charge on any atom is 0.182 e. The number of methoxy groups -OCH3 is 1. The molecule has 0 atom stereocenters. The van der Waals surface area contributed by atoms with Gasteiger partial charge in [-0.25, -0.2) is 15.0 Å². The van der Waals surface area contributed by atoms with Crippen molar-refractivity contribution in [3.63, 3.8) is 0 Å². The summed E-state index contributed by atoms with van der Waals surface area (Å²) in [4.78, 5) is 17.6. The zero-order valence-electron chi connectivity index (χ0n) is 10.7. The summed E-state index contributed by atoms with van der Waals surface area (Å²) in [5, 5.41) is 0. The number of hydrogen-bond donors (Lipinski definition) is 1. The maximum atomic E-state index is 5.15. The summed E-state index contributed by atoms with van der Waals surface area (Å²) in [5.41, 5.74) is 2.49. The Morgan fingerprint density at radius 2 is 1.89 bits per heavy atom. The smallest absolute Gasteiger partial charge is 0.182 e. The molecule has 0 saturated heterocycles. The normalized spacial score (nSPS) is 10.6. The third-order valence-electron chi connectivity index (χ3n) is 2.98.